The third-order valence-electron chi connectivity index (χ3n) is 2.33. The van der Waals surface area contributed by atoms with Gasteiger partial charge in [-0.25, -0.2) is 8.42 Å². The topological polar surface area (TPSA) is 92.7 Å². The first-order chi connectivity index (χ1) is 8.86. The normalized spacial score (nSPS) is 13.2. The maximum atomic E-state index is 12.0. The van der Waals surface area contributed by atoms with Crippen LogP contribution in [0, 0.1) is 0 Å². The van der Waals surface area contributed by atoms with Crippen LogP contribution in [0.15, 0.2) is 33.6 Å². The summed E-state index contributed by atoms with van der Waals surface area (Å²) in [7, 11) is -2.44. The molecule has 1 unspecified atom stereocenters. The van der Waals surface area contributed by atoms with Crippen LogP contribution >= 0.6 is 15.9 Å². The molecule has 0 saturated carbocycles. The van der Waals surface area contributed by atoms with Crippen molar-refractivity contribution in [1.82, 2.24) is 4.72 Å². The van der Waals surface area contributed by atoms with E-state index < -0.39 is 22.0 Å². The quantitative estimate of drug-likeness (QED) is 0.770. The Bertz CT molecular complexity index is 529. The Labute approximate surface area is 120 Å². The zero-order valence-corrected chi connectivity index (χ0v) is 12.6. The van der Waals surface area contributed by atoms with E-state index in [2.05, 4.69) is 20.7 Å². The van der Waals surface area contributed by atoms with Crippen LogP contribution in [0.1, 0.15) is 6.42 Å². The molecule has 0 aromatic heterocycles. The summed E-state index contributed by atoms with van der Waals surface area (Å²) in [6, 6.07) is 4.70. The molecule has 0 saturated heterocycles. The molecule has 6 nitrogen and oxygen atoms in total. The van der Waals surface area contributed by atoms with Crippen LogP contribution in [0.2, 0.25) is 0 Å². The minimum absolute atomic E-state index is 0.0133. The van der Waals surface area contributed by atoms with Gasteiger partial charge in [0.25, 0.3) is 0 Å². The van der Waals surface area contributed by atoms with Crippen molar-refractivity contribution in [2.45, 2.75) is 17.4 Å². The summed E-state index contributed by atoms with van der Waals surface area (Å²) in [4.78, 5) is 11.0. The number of nitrogens with one attached hydrogen (secondary N) is 1. The van der Waals surface area contributed by atoms with Crippen molar-refractivity contribution in [1.29, 1.82) is 0 Å². The van der Waals surface area contributed by atoms with E-state index in [1.807, 2.05) is 0 Å². The lowest BCUT2D eigenvalue weighted by atomic mass is 10.2. The predicted octanol–water partition coefficient (Wildman–Crippen LogP) is 1.22. The molecule has 1 rings (SSSR count). The number of rotatable bonds is 7. The molecular weight excluding hydrogens is 338 g/mol. The van der Waals surface area contributed by atoms with Crippen molar-refractivity contribution in [2.75, 3.05) is 13.7 Å². The fourth-order valence-electron chi connectivity index (χ4n) is 1.34. The SMILES string of the molecule is COCCC(NS(=O)(=O)c1ccc(Br)cc1)C(=O)O. The molecule has 2 N–H and O–H groups in total. The molecule has 1 atom stereocenters. The number of hydrogen-bond donors (Lipinski definition) is 2. The van der Waals surface area contributed by atoms with Gasteiger partial charge in [-0.2, -0.15) is 4.72 Å². The van der Waals surface area contributed by atoms with Gasteiger partial charge in [-0.3, -0.25) is 4.79 Å². The standard InChI is InChI=1S/C11H14BrNO5S/c1-18-7-6-10(11(14)15)13-19(16,17)9-4-2-8(12)3-5-9/h2-5,10,13H,6-7H2,1H3,(H,14,15). The third kappa shape index (κ3) is 4.90. The molecule has 19 heavy (non-hydrogen) atoms. The van der Waals surface area contributed by atoms with Crippen LogP contribution in [0.4, 0.5) is 0 Å². The van der Waals surface area contributed by atoms with Crippen LogP contribution < -0.4 is 4.72 Å². The number of halogens is 1. The van der Waals surface area contributed by atoms with Crippen molar-refractivity contribution in [2.24, 2.45) is 0 Å². The number of benzene rings is 1. The van der Waals surface area contributed by atoms with Crippen molar-refractivity contribution >= 4 is 31.9 Å². The molecule has 0 bridgehead atoms. The van der Waals surface area contributed by atoms with E-state index in [4.69, 9.17) is 9.84 Å². The molecule has 0 radical (unpaired) electrons. The summed E-state index contributed by atoms with van der Waals surface area (Å²) in [6.45, 7) is 0.153. The number of carboxylic acid groups (broad SMARTS) is 1. The molecule has 0 amide bonds. The molecule has 0 aliphatic rings. The number of hydrogen-bond acceptors (Lipinski definition) is 4. The molecule has 0 aliphatic heterocycles. The summed E-state index contributed by atoms with van der Waals surface area (Å²) >= 11 is 3.19. The molecular formula is C11H14BrNO5S. The average molecular weight is 352 g/mol. The summed E-state index contributed by atoms with van der Waals surface area (Å²) in [6.07, 6.45) is 0.0571. The first kappa shape index (κ1) is 16.1. The van der Waals surface area contributed by atoms with Gasteiger partial charge in [-0.05, 0) is 30.7 Å². The summed E-state index contributed by atoms with van der Waals surface area (Å²) in [5.41, 5.74) is 0. The van der Waals surface area contributed by atoms with E-state index in [0.29, 0.717) is 0 Å². The maximum Gasteiger partial charge on any atom is 0.321 e. The molecule has 0 spiro atoms. The van der Waals surface area contributed by atoms with E-state index in [9.17, 15) is 13.2 Å². The van der Waals surface area contributed by atoms with Crippen LogP contribution in [0.3, 0.4) is 0 Å². The van der Waals surface area contributed by atoms with E-state index in [0.717, 1.165) is 4.47 Å². The highest BCUT2D eigenvalue weighted by atomic mass is 79.9. The Balaban J connectivity index is 2.87. The van der Waals surface area contributed by atoms with Crippen LogP contribution in [-0.4, -0.2) is 39.3 Å². The van der Waals surface area contributed by atoms with Gasteiger partial charge < -0.3 is 9.84 Å². The van der Waals surface area contributed by atoms with Crippen molar-refractivity contribution in [3.63, 3.8) is 0 Å². The highest BCUT2D eigenvalue weighted by Gasteiger charge is 2.24. The second-order valence-electron chi connectivity index (χ2n) is 3.75. The monoisotopic (exact) mass is 351 g/mol. The number of ether oxygens (including phenoxy) is 1. The second kappa shape index (κ2) is 6.99. The van der Waals surface area contributed by atoms with Crippen molar-refractivity contribution < 1.29 is 23.1 Å². The zero-order valence-electron chi connectivity index (χ0n) is 10.2. The molecule has 8 heteroatoms. The van der Waals surface area contributed by atoms with Gasteiger partial charge in [0, 0.05) is 18.2 Å². The third-order valence-corrected chi connectivity index (χ3v) is 4.35. The zero-order chi connectivity index (χ0) is 14.5. The summed E-state index contributed by atoms with van der Waals surface area (Å²) in [5.74, 6) is -1.24. The average Bonchev–Trinajstić information content (AvgIpc) is 2.34. The van der Waals surface area contributed by atoms with Crippen molar-refractivity contribution in [3.8, 4) is 0 Å². The van der Waals surface area contributed by atoms with Gasteiger partial charge >= 0.3 is 5.97 Å². The fourth-order valence-corrected chi connectivity index (χ4v) is 2.83. The molecule has 0 fully saturated rings. The van der Waals surface area contributed by atoms with Gasteiger partial charge in [0.2, 0.25) is 10.0 Å². The lowest BCUT2D eigenvalue weighted by Crippen LogP contribution is -2.41. The molecule has 0 aliphatic carbocycles. The molecule has 1 aromatic carbocycles. The Hall–Kier alpha value is -0.960. The number of methoxy groups -OCH3 is 1. The second-order valence-corrected chi connectivity index (χ2v) is 6.38. The van der Waals surface area contributed by atoms with Crippen molar-refractivity contribution in [3.05, 3.63) is 28.7 Å². The van der Waals surface area contributed by atoms with Crippen LogP contribution in [-0.2, 0) is 19.6 Å². The van der Waals surface area contributed by atoms with Gasteiger partial charge in [0.05, 0.1) is 4.90 Å². The van der Waals surface area contributed by atoms with E-state index in [1.165, 1.54) is 19.2 Å². The summed E-state index contributed by atoms with van der Waals surface area (Å²) in [5, 5.41) is 8.96. The maximum absolute atomic E-state index is 12.0. The first-order valence-electron chi connectivity index (χ1n) is 5.36. The Kier molecular flexibility index (Phi) is 5.92. The molecule has 106 valence electrons. The van der Waals surface area contributed by atoms with Crippen LogP contribution in [0.5, 0.6) is 0 Å². The van der Waals surface area contributed by atoms with Gasteiger partial charge in [-0.1, -0.05) is 15.9 Å². The highest BCUT2D eigenvalue weighted by Crippen LogP contribution is 2.15. The minimum atomic E-state index is -3.86. The number of aliphatic carboxylic acids is 1. The van der Waals surface area contributed by atoms with Crippen LogP contribution in [0.25, 0.3) is 0 Å². The van der Waals surface area contributed by atoms with Gasteiger partial charge in [-0.15, -0.1) is 0 Å². The number of carboxylic acids is 1. The lowest BCUT2D eigenvalue weighted by Gasteiger charge is -2.14. The predicted molar refractivity (Wildman–Crippen MR) is 72.4 cm³/mol. The smallest absolute Gasteiger partial charge is 0.321 e. The molecule has 0 heterocycles. The summed E-state index contributed by atoms with van der Waals surface area (Å²) < 4.78 is 31.6. The Morgan fingerprint density at radius 2 is 2.00 bits per heavy atom. The van der Waals surface area contributed by atoms with Gasteiger partial charge in [0.15, 0.2) is 0 Å². The highest BCUT2D eigenvalue weighted by molar-refractivity contribution is 9.10. The van der Waals surface area contributed by atoms with E-state index in [1.54, 1.807) is 12.1 Å². The first-order valence-corrected chi connectivity index (χ1v) is 7.64. The van der Waals surface area contributed by atoms with E-state index >= 15 is 0 Å². The molecule has 1 aromatic rings. The minimum Gasteiger partial charge on any atom is -0.480 e. The largest absolute Gasteiger partial charge is 0.480 e. The Morgan fingerprint density at radius 1 is 1.42 bits per heavy atom. The number of sulfonamides is 1. The van der Waals surface area contributed by atoms with E-state index in [-0.39, 0.29) is 17.9 Å². The number of carbonyl (C=O) groups is 1. The lowest BCUT2D eigenvalue weighted by molar-refractivity contribution is -0.139. The fraction of sp³-hybridized carbons (Fsp3) is 0.364. The van der Waals surface area contributed by atoms with Gasteiger partial charge in [0.1, 0.15) is 6.04 Å². The Morgan fingerprint density at radius 3 is 2.47 bits per heavy atom.